The van der Waals surface area contributed by atoms with E-state index in [1.54, 1.807) is 13.2 Å². The lowest BCUT2D eigenvalue weighted by molar-refractivity contribution is 0.0955. The van der Waals surface area contributed by atoms with E-state index in [0.717, 1.165) is 23.3 Å². The molecule has 0 aliphatic rings. The molecule has 9 heteroatoms. The molecule has 130 valence electrons. The Hall–Kier alpha value is -1.41. The highest BCUT2D eigenvalue weighted by Crippen LogP contribution is 2.19. The molecule has 2 heterocycles. The Morgan fingerprint density at radius 1 is 1.26 bits per heavy atom. The van der Waals surface area contributed by atoms with Crippen molar-refractivity contribution in [3.05, 3.63) is 23.0 Å². The number of fused-ring (bicyclic) bond motifs is 1. The smallest absolute Gasteiger partial charge is 0.252 e. The summed E-state index contributed by atoms with van der Waals surface area (Å²) in [6.07, 6.45) is 0. The summed E-state index contributed by atoms with van der Waals surface area (Å²) in [4.78, 5) is 16.6. The Balaban J connectivity index is 0.00000242. The zero-order chi connectivity index (χ0) is 15.2. The van der Waals surface area contributed by atoms with Gasteiger partial charge in [0.15, 0.2) is 5.65 Å². The third kappa shape index (κ3) is 5.62. The number of aromatic amines is 1. The van der Waals surface area contributed by atoms with E-state index < -0.39 is 0 Å². The molecule has 0 aromatic carbocycles. The number of nitrogens with zero attached hydrogens (tertiary/aromatic N) is 2. The Morgan fingerprint density at radius 3 is 2.70 bits per heavy atom. The molecule has 0 radical (unpaired) electrons. The van der Waals surface area contributed by atoms with Crippen LogP contribution in [-0.4, -0.2) is 54.4 Å². The third-order valence-corrected chi connectivity index (χ3v) is 3.15. The van der Waals surface area contributed by atoms with Crippen molar-refractivity contribution in [3.8, 4) is 0 Å². The SMILES string of the molecule is COCCNCCNC(=O)c1cc(C)nc2n[nH]c(C)c12.Cl.Cl. The van der Waals surface area contributed by atoms with Crippen molar-refractivity contribution >= 4 is 41.8 Å². The van der Waals surface area contributed by atoms with E-state index in [9.17, 15) is 4.79 Å². The lowest BCUT2D eigenvalue weighted by Crippen LogP contribution is -2.33. The van der Waals surface area contributed by atoms with Gasteiger partial charge in [-0.3, -0.25) is 9.89 Å². The number of aryl methyl sites for hydroxylation is 2. The van der Waals surface area contributed by atoms with E-state index in [4.69, 9.17) is 4.74 Å². The van der Waals surface area contributed by atoms with Gasteiger partial charge in [-0.05, 0) is 19.9 Å². The molecule has 0 atom stereocenters. The fourth-order valence-electron chi connectivity index (χ4n) is 2.14. The molecule has 2 rings (SSSR count). The van der Waals surface area contributed by atoms with Gasteiger partial charge in [-0.15, -0.1) is 24.8 Å². The minimum absolute atomic E-state index is 0. The van der Waals surface area contributed by atoms with Crippen LogP contribution in [-0.2, 0) is 4.74 Å². The third-order valence-electron chi connectivity index (χ3n) is 3.15. The lowest BCUT2D eigenvalue weighted by Gasteiger charge is -2.08. The van der Waals surface area contributed by atoms with Gasteiger partial charge >= 0.3 is 0 Å². The van der Waals surface area contributed by atoms with Crippen molar-refractivity contribution in [2.45, 2.75) is 13.8 Å². The molecule has 23 heavy (non-hydrogen) atoms. The van der Waals surface area contributed by atoms with Crippen LogP contribution in [0.25, 0.3) is 11.0 Å². The van der Waals surface area contributed by atoms with Crippen LogP contribution >= 0.6 is 24.8 Å². The zero-order valence-electron chi connectivity index (χ0n) is 13.4. The number of H-pyrrole nitrogens is 1. The first-order valence-corrected chi connectivity index (χ1v) is 6.93. The van der Waals surface area contributed by atoms with E-state index in [2.05, 4.69) is 25.8 Å². The number of aromatic nitrogens is 3. The molecule has 0 bridgehead atoms. The minimum atomic E-state index is -0.108. The summed E-state index contributed by atoms with van der Waals surface area (Å²) in [7, 11) is 1.66. The number of carbonyl (C=O) groups excluding carboxylic acids is 1. The van der Waals surface area contributed by atoms with E-state index in [0.29, 0.717) is 30.9 Å². The summed E-state index contributed by atoms with van der Waals surface area (Å²) >= 11 is 0. The lowest BCUT2D eigenvalue weighted by atomic mass is 10.1. The van der Waals surface area contributed by atoms with Crippen LogP contribution in [0.3, 0.4) is 0 Å². The number of rotatable bonds is 7. The number of nitrogens with one attached hydrogen (secondary N) is 3. The first-order chi connectivity index (χ1) is 10.1. The predicted molar refractivity (Wildman–Crippen MR) is 94.9 cm³/mol. The van der Waals surface area contributed by atoms with Crippen molar-refractivity contribution < 1.29 is 9.53 Å². The molecule has 3 N–H and O–H groups in total. The molecule has 0 saturated heterocycles. The molecule has 0 fully saturated rings. The standard InChI is InChI=1S/C14H21N5O2.2ClH/c1-9-8-11(12-10(2)18-19-13(12)17-9)14(20)16-5-4-15-6-7-21-3;;/h8,15H,4-7H2,1-3H3,(H,16,20)(H,17,18,19);2*1H. The number of ether oxygens (including phenoxy) is 1. The highest BCUT2D eigenvalue weighted by Gasteiger charge is 2.15. The molecule has 2 aromatic rings. The Labute approximate surface area is 147 Å². The number of halogens is 2. The normalized spacial score (nSPS) is 10.0. The molecule has 1 amide bonds. The largest absolute Gasteiger partial charge is 0.383 e. The molecule has 0 aliphatic heterocycles. The topological polar surface area (TPSA) is 91.9 Å². The molecule has 0 saturated carbocycles. The van der Waals surface area contributed by atoms with Crippen molar-refractivity contribution in [1.82, 2.24) is 25.8 Å². The molecule has 0 spiro atoms. The fourth-order valence-corrected chi connectivity index (χ4v) is 2.14. The molecule has 7 nitrogen and oxygen atoms in total. The summed E-state index contributed by atoms with van der Waals surface area (Å²) in [5, 5.41) is 13.8. The Morgan fingerprint density at radius 2 is 2.00 bits per heavy atom. The fraction of sp³-hybridized carbons (Fsp3) is 0.500. The van der Waals surface area contributed by atoms with Crippen molar-refractivity contribution in [3.63, 3.8) is 0 Å². The molecular weight excluding hydrogens is 341 g/mol. The Kier molecular flexibility index (Phi) is 9.74. The second-order valence-electron chi connectivity index (χ2n) is 4.86. The van der Waals surface area contributed by atoms with Crippen LogP contribution in [0.15, 0.2) is 6.07 Å². The van der Waals surface area contributed by atoms with Crippen LogP contribution in [0.4, 0.5) is 0 Å². The van der Waals surface area contributed by atoms with Gasteiger partial charge in [0.2, 0.25) is 0 Å². The summed E-state index contributed by atoms with van der Waals surface area (Å²) in [6, 6.07) is 1.79. The number of methoxy groups -OCH3 is 1. The number of hydrogen-bond acceptors (Lipinski definition) is 5. The van der Waals surface area contributed by atoms with Gasteiger partial charge < -0.3 is 15.4 Å². The number of carbonyl (C=O) groups is 1. The average Bonchev–Trinajstić information content (AvgIpc) is 2.83. The summed E-state index contributed by atoms with van der Waals surface area (Å²) in [5.74, 6) is -0.108. The van der Waals surface area contributed by atoms with Gasteiger partial charge in [-0.25, -0.2) is 4.98 Å². The summed E-state index contributed by atoms with van der Waals surface area (Å²) < 4.78 is 4.94. The monoisotopic (exact) mass is 363 g/mol. The maximum atomic E-state index is 12.3. The van der Waals surface area contributed by atoms with Crippen LogP contribution in [0, 0.1) is 13.8 Å². The first kappa shape index (κ1) is 21.6. The van der Waals surface area contributed by atoms with Crippen molar-refractivity contribution in [2.75, 3.05) is 33.4 Å². The van der Waals surface area contributed by atoms with E-state index in [1.165, 1.54) is 0 Å². The summed E-state index contributed by atoms with van der Waals surface area (Å²) in [6.45, 7) is 6.43. The zero-order valence-corrected chi connectivity index (χ0v) is 15.1. The number of hydrogen-bond donors (Lipinski definition) is 3. The van der Waals surface area contributed by atoms with Gasteiger partial charge in [0.1, 0.15) is 0 Å². The Bertz CT molecular complexity index is 633. The second kappa shape index (κ2) is 10.4. The maximum absolute atomic E-state index is 12.3. The quantitative estimate of drug-likeness (QED) is 0.646. The van der Waals surface area contributed by atoms with Crippen LogP contribution in [0.5, 0.6) is 0 Å². The predicted octanol–water partition coefficient (Wildman–Crippen LogP) is 1.38. The average molecular weight is 364 g/mol. The van der Waals surface area contributed by atoms with E-state index in [-0.39, 0.29) is 30.7 Å². The van der Waals surface area contributed by atoms with Crippen LogP contribution < -0.4 is 10.6 Å². The van der Waals surface area contributed by atoms with Gasteiger partial charge in [0, 0.05) is 38.1 Å². The van der Waals surface area contributed by atoms with Gasteiger partial charge in [-0.2, -0.15) is 5.10 Å². The minimum Gasteiger partial charge on any atom is -0.383 e. The van der Waals surface area contributed by atoms with E-state index >= 15 is 0 Å². The first-order valence-electron chi connectivity index (χ1n) is 6.93. The van der Waals surface area contributed by atoms with Gasteiger partial charge in [-0.1, -0.05) is 0 Å². The van der Waals surface area contributed by atoms with E-state index in [1.807, 2.05) is 13.8 Å². The molecule has 0 aliphatic carbocycles. The second-order valence-corrected chi connectivity index (χ2v) is 4.86. The molecule has 0 unspecified atom stereocenters. The maximum Gasteiger partial charge on any atom is 0.252 e. The molecular formula is C14H23Cl2N5O2. The van der Waals surface area contributed by atoms with Crippen molar-refractivity contribution in [2.24, 2.45) is 0 Å². The molecule has 2 aromatic heterocycles. The van der Waals surface area contributed by atoms with Gasteiger partial charge in [0.05, 0.1) is 17.6 Å². The van der Waals surface area contributed by atoms with Crippen molar-refractivity contribution in [1.29, 1.82) is 0 Å². The van der Waals surface area contributed by atoms with Gasteiger partial charge in [0.25, 0.3) is 5.91 Å². The summed E-state index contributed by atoms with van der Waals surface area (Å²) in [5.41, 5.74) is 2.81. The number of amides is 1. The highest BCUT2D eigenvalue weighted by molar-refractivity contribution is 6.06. The number of pyridine rings is 1. The van der Waals surface area contributed by atoms with Crippen LogP contribution in [0.2, 0.25) is 0 Å². The van der Waals surface area contributed by atoms with Crippen LogP contribution in [0.1, 0.15) is 21.7 Å². The highest BCUT2D eigenvalue weighted by atomic mass is 35.5.